The SMILES string of the molecule is C/C(=N\NC(=O)c1ccco1)c1c(C)c[nH]c1C. The van der Waals surface area contributed by atoms with E-state index in [-0.39, 0.29) is 11.7 Å². The number of carbonyl (C=O) groups excluding carboxylic acids is 1. The van der Waals surface area contributed by atoms with Crippen molar-refractivity contribution in [3.8, 4) is 0 Å². The topological polar surface area (TPSA) is 70.4 Å². The molecule has 2 rings (SSSR count). The summed E-state index contributed by atoms with van der Waals surface area (Å²) in [6.45, 7) is 5.81. The number of H-pyrrole nitrogens is 1. The van der Waals surface area contributed by atoms with E-state index in [1.54, 1.807) is 12.1 Å². The van der Waals surface area contributed by atoms with E-state index in [1.807, 2.05) is 27.0 Å². The lowest BCUT2D eigenvalue weighted by atomic mass is 10.1. The fourth-order valence-corrected chi connectivity index (χ4v) is 1.87. The van der Waals surface area contributed by atoms with Crippen LogP contribution in [0.15, 0.2) is 34.1 Å². The van der Waals surface area contributed by atoms with Crippen LogP contribution in [0.1, 0.15) is 34.3 Å². The van der Waals surface area contributed by atoms with Crippen molar-refractivity contribution in [2.45, 2.75) is 20.8 Å². The lowest BCUT2D eigenvalue weighted by Crippen LogP contribution is -2.19. The van der Waals surface area contributed by atoms with Gasteiger partial charge < -0.3 is 9.40 Å². The Morgan fingerprint density at radius 2 is 2.22 bits per heavy atom. The molecule has 2 N–H and O–H groups in total. The molecule has 0 aliphatic carbocycles. The predicted octanol–water partition coefficient (Wildman–Crippen LogP) is 2.38. The fraction of sp³-hybridized carbons (Fsp3) is 0.231. The van der Waals surface area contributed by atoms with Crippen LogP contribution in [-0.4, -0.2) is 16.6 Å². The molecule has 0 radical (unpaired) electrons. The molecule has 2 aromatic rings. The van der Waals surface area contributed by atoms with Crippen LogP contribution in [0, 0.1) is 13.8 Å². The van der Waals surface area contributed by atoms with Crippen LogP contribution < -0.4 is 5.43 Å². The van der Waals surface area contributed by atoms with Crippen LogP contribution in [0.3, 0.4) is 0 Å². The van der Waals surface area contributed by atoms with Crippen molar-refractivity contribution in [3.05, 3.63) is 47.2 Å². The van der Waals surface area contributed by atoms with E-state index in [2.05, 4.69) is 15.5 Å². The minimum Gasteiger partial charge on any atom is -0.459 e. The Morgan fingerprint density at radius 1 is 1.44 bits per heavy atom. The molecule has 0 saturated carbocycles. The summed E-state index contributed by atoms with van der Waals surface area (Å²) >= 11 is 0. The third-order valence-electron chi connectivity index (χ3n) is 2.71. The van der Waals surface area contributed by atoms with Crippen molar-refractivity contribution in [2.24, 2.45) is 5.10 Å². The third-order valence-corrected chi connectivity index (χ3v) is 2.71. The van der Waals surface area contributed by atoms with Gasteiger partial charge in [0.25, 0.3) is 0 Å². The van der Waals surface area contributed by atoms with Gasteiger partial charge in [0.1, 0.15) is 0 Å². The number of hydrogen-bond acceptors (Lipinski definition) is 3. The molecule has 94 valence electrons. The van der Waals surface area contributed by atoms with Gasteiger partial charge in [-0.3, -0.25) is 4.79 Å². The molecular weight excluding hydrogens is 230 g/mol. The number of furan rings is 1. The van der Waals surface area contributed by atoms with Crippen LogP contribution in [0.4, 0.5) is 0 Å². The Labute approximate surface area is 105 Å². The third kappa shape index (κ3) is 2.34. The molecule has 5 heteroatoms. The van der Waals surface area contributed by atoms with E-state index >= 15 is 0 Å². The lowest BCUT2D eigenvalue weighted by Gasteiger charge is -2.02. The summed E-state index contributed by atoms with van der Waals surface area (Å²) in [6.07, 6.45) is 3.37. The highest BCUT2D eigenvalue weighted by Gasteiger charge is 2.10. The summed E-state index contributed by atoms with van der Waals surface area (Å²) in [5.74, 6) is -0.112. The van der Waals surface area contributed by atoms with Gasteiger partial charge in [-0.05, 0) is 38.5 Å². The molecule has 2 aromatic heterocycles. The number of carbonyl (C=O) groups is 1. The molecule has 0 spiro atoms. The Kier molecular flexibility index (Phi) is 3.32. The van der Waals surface area contributed by atoms with Gasteiger partial charge >= 0.3 is 5.91 Å². The second-order valence-corrected chi connectivity index (χ2v) is 4.09. The van der Waals surface area contributed by atoms with Gasteiger partial charge in [0, 0.05) is 17.5 Å². The second kappa shape index (κ2) is 4.91. The average molecular weight is 245 g/mol. The number of rotatable bonds is 3. The highest BCUT2D eigenvalue weighted by Crippen LogP contribution is 2.13. The Bertz CT molecular complexity index is 560. The van der Waals surface area contributed by atoms with Gasteiger partial charge in [-0.2, -0.15) is 5.10 Å². The highest BCUT2D eigenvalue weighted by atomic mass is 16.3. The average Bonchev–Trinajstić information content (AvgIpc) is 2.96. The zero-order valence-electron chi connectivity index (χ0n) is 10.6. The Morgan fingerprint density at radius 3 is 2.78 bits per heavy atom. The van der Waals surface area contributed by atoms with Crippen LogP contribution in [0.5, 0.6) is 0 Å². The van der Waals surface area contributed by atoms with Crippen LogP contribution in [0.25, 0.3) is 0 Å². The van der Waals surface area contributed by atoms with Gasteiger partial charge in [-0.1, -0.05) is 0 Å². The molecule has 0 fully saturated rings. The Balaban J connectivity index is 2.13. The first-order valence-corrected chi connectivity index (χ1v) is 5.62. The Hall–Kier alpha value is -2.30. The quantitative estimate of drug-likeness (QED) is 0.643. The van der Waals surface area contributed by atoms with Gasteiger partial charge in [0.15, 0.2) is 5.76 Å². The van der Waals surface area contributed by atoms with E-state index < -0.39 is 0 Å². The minimum atomic E-state index is -0.356. The maximum absolute atomic E-state index is 11.6. The molecular formula is C13H15N3O2. The summed E-state index contributed by atoms with van der Waals surface area (Å²) in [4.78, 5) is 14.8. The standard InChI is InChI=1S/C13H15N3O2/c1-8-7-14-9(2)12(8)10(3)15-16-13(17)11-5-4-6-18-11/h4-7,14H,1-3H3,(H,16,17)/b15-10+. The summed E-state index contributed by atoms with van der Waals surface area (Å²) in [6, 6.07) is 3.25. The fourth-order valence-electron chi connectivity index (χ4n) is 1.87. The number of aromatic amines is 1. The van der Waals surface area contributed by atoms with E-state index in [0.29, 0.717) is 0 Å². The maximum atomic E-state index is 11.6. The number of amides is 1. The van der Waals surface area contributed by atoms with Crippen LogP contribution in [0.2, 0.25) is 0 Å². The normalized spacial score (nSPS) is 11.6. The van der Waals surface area contributed by atoms with E-state index in [0.717, 1.165) is 22.5 Å². The number of hydrogen-bond donors (Lipinski definition) is 2. The summed E-state index contributed by atoms with van der Waals surface area (Å²) in [7, 11) is 0. The van der Waals surface area contributed by atoms with Crippen LogP contribution >= 0.6 is 0 Å². The smallest absolute Gasteiger partial charge is 0.307 e. The van der Waals surface area contributed by atoms with Gasteiger partial charge in [-0.25, -0.2) is 5.43 Å². The van der Waals surface area contributed by atoms with Gasteiger partial charge in [0.05, 0.1) is 12.0 Å². The first-order valence-electron chi connectivity index (χ1n) is 5.62. The molecule has 0 atom stereocenters. The second-order valence-electron chi connectivity index (χ2n) is 4.09. The molecule has 0 saturated heterocycles. The zero-order valence-corrected chi connectivity index (χ0v) is 10.6. The number of aromatic nitrogens is 1. The monoisotopic (exact) mass is 245 g/mol. The molecule has 0 aliphatic rings. The number of nitrogens with zero attached hydrogens (tertiary/aromatic N) is 1. The van der Waals surface area contributed by atoms with Gasteiger partial charge in [0.2, 0.25) is 0 Å². The van der Waals surface area contributed by atoms with Crippen molar-refractivity contribution in [1.29, 1.82) is 0 Å². The number of aryl methyl sites for hydroxylation is 2. The molecule has 0 bridgehead atoms. The van der Waals surface area contributed by atoms with Crippen molar-refractivity contribution < 1.29 is 9.21 Å². The molecule has 0 aliphatic heterocycles. The first-order chi connectivity index (χ1) is 8.59. The van der Waals surface area contributed by atoms with E-state index in [4.69, 9.17) is 4.42 Å². The van der Waals surface area contributed by atoms with Crippen molar-refractivity contribution in [3.63, 3.8) is 0 Å². The van der Waals surface area contributed by atoms with Gasteiger partial charge in [-0.15, -0.1) is 0 Å². The lowest BCUT2D eigenvalue weighted by molar-refractivity contribution is 0.0927. The van der Waals surface area contributed by atoms with E-state index in [9.17, 15) is 4.79 Å². The molecule has 18 heavy (non-hydrogen) atoms. The summed E-state index contributed by atoms with van der Waals surface area (Å²) < 4.78 is 4.98. The zero-order chi connectivity index (χ0) is 13.1. The van der Waals surface area contributed by atoms with E-state index in [1.165, 1.54) is 6.26 Å². The molecule has 2 heterocycles. The van der Waals surface area contributed by atoms with Crippen molar-refractivity contribution in [2.75, 3.05) is 0 Å². The molecule has 0 unspecified atom stereocenters. The first kappa shape index (κ1) is 12.2. The molecule has 1 amide bonds. The van der Waals surface area contributed by atoms with Crippen molar-refractivity contribution >= 4 is 11.6 Å². The largest absolute Gasteiger partial charge is 0.459 e. The maximum Gasteiger partial charge on any atom is 0.307 e. The van der Waals surface area contributed by atoms with Crippen LogP contribution in [-0.2, 0) is 0 Å². The minimum absolute atomic E-state index is 0.245. The summed E-state index contributed by atoms with van der Waals surface area (Å²) in [5, 5.41) is 4.08. The number of nitrogens with one attached hydrogen (secondary N) is 2. The summed E-state index contributed by atoms with van der Waals surface area (Å²) in [5.41, 5.74) is 6.37. The highest BCUT2D eigenvalue weighted by molar-refractivity contribution is 6.02. The number of hydrazone groups is 1. The predicted molar refractivity (Wildman–Crippen MR) is 68.7 cm³/mol. The molecule has 0 aromatic carbocycles. The molecule has 5 nitrogen and oxygen atoms in total. The van der Waals surface area contributed by atoms with Crippen molar-refractivity contribution in [1.82, 2.24) is 10.4 Å².